The van der Waals surface area contributed by atoms with Crippen molar-refractivity contribution in [1.29, 1.82) is 0 Å². The normalized spacial score (nSPS) is 11.9. The number of benzene rings is 2. The van der Waals surface area contributed by atoms with Crippen LogP contribution >= 0.6 is 0 Å². The molecule has 0 saturated heterocycles. The average molecular weight is 320 g/mol. The van der Waals surface area contributed by atoms with Crippen molar-refractivity contribution in [2.75, 3.05) is 0 Å². The molecule has 4 heteroatoms. The van der Waals surface area contributed by atoms with E-state index in [4.69, 9.17) is 4.42 Å². The molecule has 1 heterocycles. The van der Waals surface area contributed by atoms with Gasteiger partial charge in [-0.05, 0) is 12.5 Å². The Kier molecular flexibility index (Phi) is 5.06. The summed E-state index contributed by atoms with van der Waals surface area (Å²) in [5, 5.41) is 3.00. The summed E-state index contributed by atoms with van der Waals surface area (Å²) in [6, 6.07) is 19.7. The molecular formula is C20H20N2O2. The Hall–Kier alpha value is -2.88. The number of carbonyl (C=O) groups is 1. The molecule has 0 bridgehead atoms. The molecule has 0 fully saturated rings. The second-order valence-corrected chi connectivity index (χ2v) is 5.68. The summed E-state index contributed by atoms with van der Waals surface area (Å²) in [6.45, 7) is 1.98. The van der Waals surface area contributed by atoms with Crippen molar-refractivity contribution in [3.05, 3.63) is 78.3 Å². The maximum atomic E-state index is 12.1. The fourth-order valence-electron chi connectivity index (χ4n) is 2.52. The molecular weight excluding hydrogens is 300 g/mol. The molecule has 24 heavy (non-hydrogen) atoms. The Bertz CT molecular complexity index is 782. The van der Waals surface area contributed by atoms with E-state index >= 15 is 0 Å². The number of amides is 1. The summed E-state index contributed by atoms with van der Waals surface area (Å²) >= 11 is 0. The smallest absolute Gasteiger partial charge is 0.220 e. The van der Waals surface area contributed by atoms with Gasteiger partial charge in [0.2, 0.25) is 5.91 Å². The Morgan fingerprint density at radius 3 is 2.46 bits per heavy atom. The van der Waals surface area contributed by atoms with E-state index in [1.807, 2.05) is 67.6 Å². The first-order valence-corrected chi connectivity index (χ1v) is 8.07. The Morgan fingerprint density at radius 2 is 1.75 bits per heavy atom. The zero-order chi connectivity index (χ0) is 16.8. The number of hydrogen-bond donors (Lipinski definition) is 1. The quantitative estimate of drug-likeness (QED) is 0.742. The van der Waals surface area contributed by atoms with Crippen LogP contribution in [0.4, 0.5) is 0 Å². The van der Waals surface area contributed by atoms with Crippen molar-refractivity contribution in [2.45, 2.75) is 25.8 Å². The van der Waals surface area contributed by atoms with Gasteiger partial charge in [0.1, 0.15) is 0 Å². The van der Waals surface area contributed by atoms with Crippen LogP contribution in [0.25, 0.3) is 11.3 Å². The van der Waals surface area contributed by atoms with Crippen molar-refractivity contribution in [1.82, 2.24) is 10.3 Å². The predicted octanol–water partition coefficient (Wildman–Crippen LogP) is 4.15. The van der Waals surface area contributed by atoms with Crippen LogP contribution in [-0.2, 0) is 11.2 Å². The van der Waals surface area contributed by atoms with E-state index in [9.17, 15) is 4.79 Å². The summed E-state index contributed by atoms with van der Waals surface area (Å²) < 4.78 is 5.72. The van der Waals surface area contributed by atoms with Gasteiger partial charge < -0.3 is 9.73 Å². The molecule has 0 saturated carbocycles. The molecule has 2 aromatic carbocycles. The van der Waals surface area contributed by atoms with E-state index in [-0.39, 0.29) is 11.9 Å². The third-order valence-electron chi connectivity index (χ3n) is 3.85. The molecule has 0 radical (unpaired) electrons. The first kappa shape index (κ1) is 16.0. The molecule has 3 aromatic rings. The van der Waals surface area contributed by atoms with E-state index in [1.165, 1.54) is 0 Å². The highest BCUT2D eigenvalue weighted by atomic mass is 16.4. The van der Waals surface area contributed by atoms with Gasteiger partial charge in [0.15, 0.2) is 11.7 Å². The monoisotopic (exact) mass is 320 g/mol. The van der Waals surface area contributed by atoms with Gasteiger partial charge >= 0.3 is 0 Å². The minimum atomic E-state index is -0.0110. The van der Waals surface area contributed by atoms with E-state index in [1.54, 1.807) is 6.20 Å². The molecule has 1 amide bonds. The number of oxazole rings is 1. The Labute approximate surface area is 141 Å². The standard InChI is InChI=1S/C20H20N2O2/c1-15(16-8-4-2-5-9-16)22-19(23)12-13-20-21-14-18(24-20)17-10-6-3-7-11-17/h2-11,14-15H,12-13H2,1H3,(H,22,23)/t15-/m1/s1. The topological polar surface area (TPSA) is 55.1 Å². The second-order valence-electron chi connectivity index (χ2n) is 5.68. The minimum Gasteiger partial charge on any atom is -0.441 e. The molecule has 0 aliphatic carbocycles. The van der Waals surface area contributed by atoms with E-state index in [0.717, 1.165) is 16.9 Å². The van der Waals surface area contributed by atoms with Crippen molar-refractivity contribution >= 4 is 5.91 Å². The Balaban J connectivity index is 1.53. The number of hydrogen-bond acceptors (Lipinski definition) is 3. The van der Waals surface area contributed by atoms with Crippen molar-refractivity contribution in [3.8, 4) is 11.3 Å². The van der Waals surface area contributed by atoms with E-state index < -0.39 is 0 Å². The second kappa shape index (κ2) is 7.59. The van der Waals surface area contributed by atoms with Crippen molar-refractivity contribution in [3.63, 3.8) is 0 Å². The third kappa shape index (κ3) is 4.10. The van der Waals surface area contributed by atoms with Crippen LogP contribution in [0.3, 0.4) is 0 Å². The number of nitrogens with zero attached hydrogens (tertiary/aromatic N) is 1. The molecule has 0 aliphatic heterocycles. The molecule has 0 aliphatic rings. The van der Waals surface area contributed by atoms with Gasteiger partial charge in [0.05, 0.1) is 12.2 Å². The first-order valence-electron chi connectivity index (χ1n) is 8.07. The van der Waals surface area contributed by atoms with Gasteiger partial charge in [0.25, 0.3) is 0 Å². The first-order chi connectivity index (χ1) is 11.7. The summed E-state index contributed by atoms with van der Waals surface area (Å²) in [6.07, 6.45) is 2.54. The average Bonchev–Trinajstić information content (AvgIpc) is 3.10. The number of aromatic nitrogens is 1. The highest BCUT2D eigenvalue weighted by molar-refractivity contribution is 5.76. The van der Waals surface area contributed by atoms with Gasteiger partial charge in [-0.3, -0.25) is 4.79 Å². The minimum absolute atomic E-state index is 0.00851. The number of aryl methyl sites for hydroxylation is 1. The summed E-state index contributed by atoms with van der Waals surface area (Å²) in [7, 11) is 0. The number of carbonyl (C=O) groups excluding carboxylic acids is 1. The van der Waals surface area contributed by atoms with Gasteiger partial charge in [-0.15, -0.1) is 0 Å². The SMILES string of the molecule is C[C@@H](NC(=O)CCc1ncc(-c2ccccc2)o1)c1ccccc1. The van der Waals surface area contributed by atoms with Gasteiger partial charge in [0, 0.05) is 18.4 Å². The lowest BCUT2D eigenvalue weighted by Crippen LogP contribution is -2.26. The molecule has 1 N–H and O–H groups in total. The summed E-state index contributed by atoms with van der Waals surface area (Å²) in [5.41, 5.74) is 2.08. The maximum absolute atomic E-state index is 12.1. The lowest BCUT2D eigenvalue weighted by molar-refractivity contribution is -0.121. The highest BCUT2D eigenvalue weighted by Crippen LogP contribution is 2.20. The predicted molar refractivity (Wildman–Crippen MR) is 93.3 cm³/mol. The maximum Gasteiger partial charge on any atom is 0.220 e. The molecule has 0 spiro atoms. The van der Waals surface area contributed by atoms with Crippen LogP contribution in [0.2, 0.25) is 0 Å². The van der Waals surface area contributed by atoms with Crippen LogP contribution in [-0.4, -0.2) is 10.9 Å². The van der Waals surface area contributed by atoms with E-state index in [0.29, 0.717) is 18.7 Å². The molecule has 0 unspecified atom stereocenters. The van der Waals surface area contributed by atoms with Crippen LogP contribution in [0.15, 0.2) is 71.3 Å². The molecule has 1 aromatic heterocycles. The van der Waals surface area contributed by atoms with Crippen molar-refractivity contribution in [2.24, 2.45) is 0 Å². The zero-order valence-electron chi connectivity index (χ0n) is 13.6. The summed E-state index contributed by atoms with van der Waals surface area (Å²) in [5.74, 6) is 1.30. The van der Waals surface area contributed by atoms with E-state index in [2.05, 4.69) is 10.3 Å². The summed E-state index contributed by atoms with van der Waals surface area (Å²) in [4.78, 5) is 16.4. The lowest BCUT2D eigenvalue weighted by atomic mass is 10.1. The Morgan fingerprint density at radius 1 is 1.08 bits per heavy atom. The zero-order valence-corrected chi connectivity index (χ0v) is 13.6. The van der Waals surface area contributed by atoms with Crippen LogP contribution in [0.1, 0.15) is 30.8 Å². The van der Waals surface area contributed by atoms with Crippen LogP contribution in [0.5, 0.6) is 0 Å². The lowest BCUT2D eigenvalue weighted by Gasteiger charge is -2.13. The number of rotatable bonds is 6. The molecule has 1 atom stereocenters. The molecule has 4 nitrogen and oxygen atoms in total. The fourth-order valence-corrected chi connectivity index (χ4v) is 2.52. The fraction of sp³-hybridized carbons (Fsp3) is 0.200. The number of nitrogens with one attached hydrogen (secondary N) is 1. The van der Waals surface area contributed by atoms with Crippen LogP contribution in [0, 0.1) is 0 Å². The highest BCUT2D eigenvalue weighted by Gasteiger charge is 2.11. The van der Waals surface area contributed by atoms with Crippen LogP contribution < -0.4 is 5.32 Å². The molecule has 3 rings (SSSR count). The van der Waals surface area contributed by atoms with Gasteiger partial charge in [-0.1, -0.05) is 60.7 Å². The van der Waals surface area contributed by atoms with Gasteiger partial charge in [-0.25, -0.2) is 4.98 Å². The largest absolute Gasteiger partial charge is 0.441 e. The molecule has 122 valence electrons. The van der Waals surface area contributed by atoms with Gasteiger partial charge in [-0.2, -0.15) is 0 Å². The van der Waals surface area contributed by atoms with Crippen molar-refractivity contribution < 1.29 is 9.21 Å². The third-order valence-corrected chi connectivity index (χ3v) is 3.85.